The summed E-state index contributed by atoms with van der Waals surface area (Å²) in [5, 5.41) is 8.79. The van der Waals surface area contributed by atoms with E-state index in [9.17, 15) is 4.79 Å². The molecule has 2 unspecified atom stereocenters. The summed E-state index contributed by atoms with van der Waals surface area (Å²) in [6.07, 6.45) is 2.07. The van der Waals surface area contributed by atoms with E-state index in [1.165, 1.54) is 0 Å². The summed E-state index contributed by atoms with van der Waals surface area (Å²) in [5.74, 6) is -0.323. The molecule has 1 heterocycles. The molecule has 18 heavy (non-hydrogen) atoms. The molecule has 0 aliphatic carbocycles. The summed E-state index contributed by atoms with van der Waals surface area (Å²) < 4.78 is 11.1. The molecule has 1 aromatic carbocycles. The third-order valence-corrected chi connectivity index (χ3v) is 2.93. The lowest BCUT2D eigenvalue weighted by Gasteiger charge is -2.23. The fourth-order valence-electron chi connectivity index (χ4n) is 1.89. The molecule has 1 aliphatic heterocycles. The molecule has 1 saturated heterocycles. The fourth-order valence-corrected chi connectivity index (χ4v) is 1.89. The number of aliphatic carboxylic acids is 1. The van der Waals surface area contributed by atoms with Crippen LogP contribution in [0.5, 0.6) is 5.75 Å². The van der Waals surface area contributed by atoms with Gasteiger partial charge in [0.1, 0.15) is 17.9 Å². The van der Waals surface area contributed by atoms with Crippen molar-refractivity contribution in [3.63, 3.8) is 0 Å². The summed E-state index contributed by atoms with van der Waals surface area (Å²) >= 11 is 0. The van der Waals surface area contributed by atoms with Crippen LogP contribution in [0.2, 0.25) is 0 Å². The van der Waals surface area contributed by atoms with Crippen molar-refractivity contribution in [2.45, 2.75) is 25.0 Å². The van der Waals surface area contributed by atoms with Crippen LogP contribution in [0.25, 0.3) is 0 Å². The lowest BCUT2D eigenvalue weighted by atomic mass is 10.1. The van der Waals surface area contributed by atoms with Crippen LogP contribution in [-0.2, 0) is 9.53 Å². The van der Waals surface area contributed by atoms with Crippen molar-refractivity contribution >= 4 is 5.97 Å². The Kier molecular flexibility index (Phi) is 4.17. The molecule has 0 saturated carbocycles. The first-order valence-corrected chi connectivity index (χ1v) is 5.99. The molecule has 98 valence electrons. The third-order valence-electron chi connectivity index (χ3n) is 2.93. The average Bonchev–Trinajstić information content (AvgIpc) is 2.40. The molecule has 5 nitrogen and oxygen atoms in total. The maximum Gasteiger partial charge on any atom is 0.325 e. The van der Waals surface area contributed by atoms with Gasteiger partial charge < -0.3 is 20.3 Å². The predicted octanol–water partition coefficient (Wildman–Crippen LogP) is 1.33. The smallest absolute Gasteiger partial charge is 0.325 e. The van der Waals surface area contributed by atoms with Gasteiger partial charge in [0.25, 0.3) is 0 Å². The average molecular weight is 251 g/mol. The van der Waals surface area contributed by atoms with Crippen LogP contribution in [0, 0.1) is 0 Å². The lowest BCUT2D eigenvalue weighted by Crippen LogP contribution is -2.28. The summed E-state index contributed by atoms with van der Waals surface area (Å²) in [6, 6.07) is 5.85. The van der Waals surface area contributed by atoms with E-state index in [-0.39, 0.29) is 6.10 Å². The fraction of sp³-hybridized carbons (Fsp3) is 0.462. The number of carbonyl (C=O) groups is 1. The Hall–Kier alpha value is -1.59. The number of carboxylic acid groups (broad SMARTS) is 1. The second-order valence-electron chi connectivity index (χ2n) is 4.34. The normalized spacial score (nSPS) is 21.3. The number of nitrogens with two attached hydrogens (primary N) is 1. The van der Waals surface area contributed by atoms with Crippen LogP contribution in [0.15, 0.2) is 24.3 Å². The summed E-state index contributed by atoms with van der Waals surface area (Å²) in [4.78, 5) is 10.7. The number of carboxylic acids is 1. The summed E-state index contributed by atoms with van der Waals surface area (Å²) in [7, 11) is 0. The van der Waals surface area contributed by atoms with Crippen molar-refractivity contribution in [3.8, 4) is 5.75 Å². The van der Waals surface area contributed by atoms with Gasteiger partial charge in [0.15, 0.2) is 0 Å². The second-order valence-corrected chi connectivity index (χ2v) is 4.34. The second kappa shape index (κ2) is 5.84. The van der Waals surface area contributed by atoms with E-state index in [1.54, 1.807) is 24.3 Å². The highest BCUT2D eigenvalue weighted by atomic mass is 16.5. The van der Waals surface area contributed by atoms with Crippen molar-refractivity contribution in [3.05, 3.63) is 29.8 Å². The molecule has 1 aromatic rings. The van der Waals surface area contributed by atoms with Crippen molar-refractivity contribution < 1.29 is 19.4 Å². The van der Waals surface area contributed by atoms with Crippen LogP contribution in [0.3, 0.4) is 0 Å². The van der Waals surface area contributed by atoms with Gasteiger partial charge in [-0.15, -0.1) is 0 Å². The minimum Gasteiger partial charge on any atom is -0.488 e. The number of ether oxygens (including phenoxy) is 2. The number of hydrogen-bond donors (Lipinski definition) is 2. The summed E-state index contributed by atoms with van der Waals surface area (Å²) in [5.41, 5.74) is 6.08. The predicted molar refractivity (Wildman–Crippen MR) is 65.5 cm³/mol. The van der Waals surface area contributed by atoms with Crippen molar-refractivity contribution in [2.75, 3.05) is 13.2 Å². The van der Waals surface area contributed by atoms with Gasteiger partial charge in [-0.1, -0.05) is 12.1 Å². The van der Waals surface area contributed by atoms with E-state index in [0.717, 1.165) is 19.4 Å². The first-order chi connectivity index (χ1) is 8.66. The zero-order chi connectivity index (χ0) is 13.0. The van der Waals surface area contributed by atoms with Crippen molar-refractivity contribution in [1.82, 2.24) is 0 Å². The highest BCUT2D eigenvalue weighted by Gasteiger charge is 2.16. The molecular weight excluding hydrogens is 234 g/mol. The van der Waals surface area contributed by atoms with E-state index >= 15 is 0 Å². The van der Waals surface area contributed by atoms with Gasteiger partial charge >= 0.3 is 5.97 Å². The molecule has 2 rings (SSSR count). The van der Waals surface area contributed by atoms with Gasteiger partial charge in [0.05, 0.1) is 6.61 Å². The highest BCUT2D eigenvalue weighted by Crippen LogP contribution is 2.20. The Bertz CT molecular complexity index is 398. The molecule has 0 spiro atoms. The molecule has 1 fully saturated rings. The molecule has 0 radical (unpaired) electrons. The summed E-state index contributed by atoms with van der Waals surface area (Å²) in [6.45, 7) is 1.41. The van der Waals surface area contributed by atoms with Gasteiger partial charge in [0.2, 0.25) is 0 Å². The largest absolute Gasteiger partial charge is 0.488 e. The first-order valence-electron chi connectivity index (χ1n) is 5.99. The van der Waals surface area contributed by atoms with Crippen molar-refractivity contribution in [2.24, 2.45) is 5.73 Å². The van der Waals surface area contributed by atoms with Crippen LogP contribution in [-0.4, -0.2) is 30.4 Å². The van der Waals surface area contributed by atoms with Crippen LogP contribution in [0.4, 0.5) is 0 Å². The molecule has 2 atom stereocenters. The standard InChI is InChI=1S/C13H17NO4/c14-12(13(15)16)9-3-5-10(6-4-9)18-11-2-1-7-17-8-11/h3-6,11-12H,1-2,7-8,14H2,(H,15,16). The Morgan fingerprint density at radius 2 is 2.17 bits per heavy atom. The van der Waals surface area contributed by atoms with Crippen LogP contribution in [0.1, 0.15) is 24.4 Å². The molecule has 5 heteroatoms. The number of rotatable bonds is 4. The zero-order valence-corrected chi connectivity index (χ0v) is 10.0. The molecule has 0 bridgehead atoms. The van der Waals surface area contributed by atoms with Crippen molar-refractivity contribution in [1.29, 1.82) is 0 Å². The monoisotopic (exact) mass is 251 g/mol. The molecular formula is C13H17NO4. The topological polar surface area (TPSA) is 81.8 Å². The third kappa shape index (κ3) is 3.21. The SMILES string of the molecule is NC(C(=O)O)c1ccc(OC2CCCOC2)cc1. The van der Waals surface area contributed by atoms with Crippen LogP contribution >= 0.6 is 0 Å². The Morgan fingerprint density at radius 3 is 2.72 bits per heavy atom. The Balaban J connectivity index is 1.96. The minimum atomic E-state index is -1.04. The number of hydrogen-bond acceptors (Lipinski definition) is 4. The van der Waals surface area contributed by atoms with E-state index in [4.69, 9.17) is 20.3 Å². The Morgan fingerprint density at radius 1 is 1.44 bits per heavy atom. The molecule has 0 amide bonds. The van der Waals surface area contributed by atoms with Gasteiger partial charge in [-0.2, -0.15) is 0 Å². The first kappa shape index (κ1) is 12.9. The van der Waals surface area contributed by atoms with Crippen LogP contribution < -0.4 is 10.5 Å². The van der Waals surface area contributed by atoms with E-state index in [2.05, 4.69) is 0 Å². The molecule has 0 aromatic heterocycles. The van der Waals surface area contributed by atoms with Gasteiger partial charge in [-0.3, -0.25) is 4.79 Å². The maximum atomic E-state index is 10.7. The van der Waals surface area contributed by atoms with Gasteiger partial charge in [-0.25, -0.2) is 0 Å². The van der Waals surface area contributed by atoms with E-state index < -0.39 is 12.0 Å². The van der Waals surface area contributed by atoms with Gasteiger partial charge in [-0.05, 0) is 30.5 Å². The molecule has 1 aliphatic rings. The van der Waals surface area contributed by atoms with Gasteiger partial charge in [0, 0.05) is 6.61 Å². The zero-order valence-electron chi connectivity index (χ0n) is 10.0. The maximum absolute atomic E-state index is 10.7. The van der Waals surface area contributed by atoms with E-state index in [1.807, 2.05) is 0 Å². The quantitative estimate of drug-likeness (QED) is 0.843. The number of benzene rings is 1. The molecule has 3 N–H and O–H groups in total. The minimum absolute atomic E-state index is 0.0812. The van der Waals surface area contributed by atoms with E-state index in [0.29, 0.717) is 17.9 Å². The Labute approximate surface area is 106 Å². The lowest BCUT2D eigenvalue weighted by molar-refractivity contribution is -0.138. The highest BCUT2D eigenvalue weighted by molar-refractivity contribution is 5.75.